The van der Waals surface area contributed by atoms with E-state index in [1.807, 2.05) is 39.8 Å². The minimum atomic E-state index is -0.422. The molecule has 0 aliphatic carbocycles. The third kappa shape index (κ3) is 2.92. The summed E-state index contributed by atoms with van der Waals surface area (Å²) >= 11 is 0. The molecular formula is C17H25BO4. The topological polar surface area (TPSA) is 44.8 Å². The van der Waals surface area contributed by atoms with Gasteiger partial charge in [-0.3, -0.25) is 0 Å². The van der Waals surface area contributed by atoms with Gasteiger partial charge in [0.15, 0.2) is 0 Å². The summed E-state index contributed by atoms with van der Waals surface area (Å²) in [5.74, 6) is -0.111. The molecule has 1 aromatic carbocycles. The first-order chi connectivity index (χ1) is 10.1. The molecule has 2 rings (SSSR count). The van der Waals surface area contributed by atoms with Crippen LogP contribution in [0.25, 0.3) is 0 Å². The molecular weight excluding hydrogens is 279 g/mol. The van der Waals surface area contributed by atoms with Crippen LogP contribution in [0.3, 0.4) is 0 Å². The van der Waals surface area contributed by atoms with Crippen molar-refractivity contribution in [2.45, 2.75) is 58.7 Å². The molecule has 1 heterocycles. The molecule has 5 heteroatoms. The van der Waals surface area contributed by atoms with Crippen LogP contribution in [0.2, 0.25) is 0 Å². The number of rotatable bonds is 3. The first-order valence-corrected chi connectivity index (χ1v) is 7.67. The van der Waals surface area contributed by atoms with Crippen molar-refractivity contribution in [2.24, 2.45) is 0 Å². The van der Waals surface area contributed by atoms with Gasteiger partial charge in [-0.25, -0.2) is 4.79 Å². The van der Waals surface area contributed by atoms with E-state index in [4.69, 9.17) is 14.0 Å². The van der Waals surface area contributed by atoms with Gasteiger partial charge in [-0.1, -0.05) is 26.0 Å². The fourth-order valence-electron chi connectivity index (χ4n) is 2.48. The Morgan fingerprint density at radius 1 is 1.14 bits per heavy atom. The first kappa shape index (κ1) is 17.0. The Kier molecular flexibility index (Phi) is 4.42. The fraction of sp³-hybridized carbons (Fsp3) is 0.588. The molecule has 1 aliphatic rings. The van der Waals surface area contributed by atoms with E-state index in [0.717, 1.165) is 11.0 Å². The number of carbonyl (C=O) groups is 1. The minimum absolute atomic E-state index is 0.205. The SMILES string of the molecule is COC(=O)c1ccc(B2OC(C)(C)C(C)(C)O2)cc1C(C)C. The van der Waals surface area contributed by atoms with Crippen LogP contribution in [0.15, 0.2) is 18.2 Å². The van der Waals surface area contributed by atoms with E-state index in [0.29, 0.717) is 5.56 Å². The summed E-state index contributed by atoms with van der Waals surface area (Å²) in [4.78, 5) is 11.9. The van der Waals surface area contributed by atoms with Crippen LogP contribution in [0.5, 0.6) is 0 Å². The lowest BCUT2D eigenvalue weighted by Gasteiger charge is -2.32. The summed E-state index contributed by atoms with van der Waals surface area (Å²) in [6, 6.07) is 5.65. The third-order valence-corrected chi connectivity index (χ3v) is 4.63. The highest BCUT2D eigenvalue weighted by atomic mass is 16.7. The van der Waals surface area contributed by atoms with Crippen LogP contribution in [0.1, 0.15) is 63.4 Å². The van der Waals surface area contributed by atoms with E-state index < -0.39 is 7.12 Å². The monoisotopic (exact) mass is 304 g/mol. The predicted octanol–water partition coefficient (Wildman–Crippen LogP) is 2.90. The molecule has 0 bridgehead atoms. The summed E-state index contributed by atoms with van der Waals surface area (Å²) in [6.07, 6.45) is 0. The zero-order valence-corrected chi connectivity index (χ0v) is 14.5. The average Bonchev–Trinajstić information content (AvgIpc) is 2.66. The van der Waals surface area contributed by atoms with Crippen molar-refractivity contribution in [1.82, 2.24) is 0 Å². The zero-order chi connectivity index (χ0) is 16.7. The van der Waals surface area contributed by atoms with Gasteiger partial charge < -0.3 is 14.0 Å². The second kappa shape index (κ2) is 5.71. The lowest BCUT2D eigenvalue weighted by Crippen LogP contribution is -2.41. The van der Waals surface area contributed by atoms with E-state index >= 15 is 0 Å². The molecule has 4 nitrogen and oxygen atoms in total. The largest absolute Gasteiger partial charge is 0.494 e. The molecule has 120 valence electrons. The number of hydrogen-bond acceptors (Lipinski definition) is 4. The van der Waals surface area contributed by atoms with Crippen LogP contribution in [0.4, 0.5) is 0 Å². The molecule has 1 aliphatic heterocycles. The van der Waals surface area contributed by atoms with Crippen molar-refractivity contribution in [3.05, 3.63) is 29.3 Å². The summed E-state index contributed by atoms with van der Waals surface area (Å²) in [6.45, 7) is 12.2. The number of ether oxygens (including phenoxy) is 1. The molecule has 1 aromatic rings. The molecule has 0 atom stereocenters. The second-order valence-corrected chi connectivity index (χ2v) is 7.08. The minimum Gasteiger partial charge on any atom is -0.465 e. The Labute approximate surface area is 133 Å². The Balaban J connectivity index is 2.39. The number of carbonyl (C=O) groups excluding carboxylic acids is 1. The second-order valence-electron chi connectivity index (χ2n) is 7.08. The zero-order valence-electron chi connectivity index (χ0n) is 14.5. The maximum atomic E-state index is 11.9. The Bertz CT molecular complexity index is 562. The number of hydrogen-bond donors (Lipinski definition) is 0. The van der Waals surface area contributed by atoms with Crippen LogP contribution in [-0.2, 0) is 14.0 Å². The van der Waals surface area contributed by atoms with Crippen molar-refractivity contribution in [2.75, 3.05) is 7.11 Å². The van der Waals surface area contributed by atoms with Gasteiger partial charge in [-0.15, -0.1) is 0 Å². The maximum Gasteiger partial charge on any atom is 0.494 e. The first-order valence-electron chi connectivity index (χ1n) is 7.67. The van der Waals surface area contributed by atoms with Crippen LogP contribution in [0, 0.1) is 0 Å². The Morgan fingerprint density at radius 2 is 1.68 bits per heavy atom. The maximum absolute atomic E-state index is 11.9. The molecule has 1 fully saturated rings. The molecule has 0 amide bonds. The van der Waals surface area contributed by atoms with Crippen molar-refractivity contribution in [1.29, 1.82) is 0 Å². The molecule has 1 saturated heterocycles. The van der Waals surface area contributed by atoms with E-state index in [1.165, 1.54) is 7.11 Å². The van der Waals surface area contributed by atoms with E-state index in [9.17, 15) is 4.79 Å². The number of esters is 1. The molecule has 0 unspecified atom stereocenters. The van der Waals surface area contributed by atoms with Crippen LogP contribution < -0.4 is 5.46 Å². The van der Waals surface area contributed by atoms with E-state index in [1.54, 1.807) is 6.07 Å². The smallest absolute Gasteiger partial charge is 0.465 e. The van der Waals surface area contributed by atoms with Crippen molar-refractivity contribution in [3.63, 3.8) is 0 Å². The molecule has 0 saturated carbocycles. The van der Waals surface area contributed by atoms with Crippen molar-refractivity contribution >= 4 is 18.6 Å². The standard InChI is InChI=1S/C17H25BO4/c1-11(2)14-10-12(8-9-13(14)15(19)20-7)18-21-16(3,4)17(5,6)22-18/h8-11H,1-7H3. The highest BCUT2D eigenvalue weighted by Crippen LogP contribution is 2.36. The highest BCUT2D eigenvalue weighted by Gasteiger charge is 2.51. The van der Waals surface area contributed by atoms with Gasteiger partial charge >= 0.3 is 13.1 Å². The van der Waals surface area contributed by atoms with Gasteiger partial charge in [-0.2, -0.15) is 0 Å². The third-order valence-electron chi connectivity index (χ3n) is 4.63. The molecule has 0 radical (unpaired) electrons. The van der Waals surface area contributed by atoms with Gasteiger partial charge in [0.05, 0.1) is 23.9 Å². The Hall–Kier alpha value is -1.33. The normalized spacial score (nSPS) is 19.5. The van der Waals surface area contributed by atoms with Crippen molar-refractivity contribution < 1.29 is 18.8 Å². The fourth-order valence-corrected chi connectivity index (χ4v) is 2.48. The Morgan fingerprint density at radius 3 is 2.14 bits per heavy atom. The van der Waals surface area contributed by atoms with Crippen LogP contribution in [-0.4, -0.2) is 31.4 Å². The molecule has 0 spiro atoms. The van der Waals surface area contributed by atoms with Crippen molar-refractivity contribution in [3.8, 4) is 0 Å². The summed E-state index contributed by atoms with van der Waals surface area (Å²) in [7, 11) is 0.975. The van der Waals surface area contributed by atoms with Gasteiger partial charge in [0.1, 0.15) is 0 Å². The number of benzene rings is 1. The highest BCUT2D eigenvalue weighted by molar-refractivity contribution is 6.62. The van der Waals surface area contributed by atoms with Gasteiger partial charge in [-0.05, 0) is 50.7 Å². The van der Waals surface area contributed by atoms with Gasteiger partial charge in [0.2, 0.25) is 0 Å². The average molecular weight is 304 g/mol. The molecule has 22 heavy (non-hydrogen) atoms. The number of methoxy groups -OCH3 is 1. The molecule has 0 N–H and O–H groups in total. The quantitative estimate of drug-likeness (QED) is 0.636. The van der Waals surface area contributed by atoms with Gasteiger partial charge in [0, 0.05) is 0 Å². The van der Waals surface area contributed by atoms with E-state index in [2.05, 4.69) is 13.8 Å². The molecule has 0 aromatic heterocycles. The lowest BCUT2D eigenvalue weighted by molar-refractivity contribution is 0.00578. The predicted molar refractivity (Wildman–Crippen MR) is 87.6 cm³/mol. The summed E-state index contributed by atoms with van der Waals surface area (Å²) < 4.78 is 17.0. The summed E-state index contributed by atoms with van der Waals surface area (Å²) in [5.41, 5.74) is 1.71. The van der Waals surface area contributed by atoms with E-state index in [-0.39, 0.29) is 23.1 Å². The summed E-state index contributed by atoms with van der Waals surface area (Å²) in [5, 5.41) is 0. The lowest BCUT2D eigenvalue weighted by atomic mass is 9.76. The van der Waals surface area contributed by atoms with Gasteiger partial charge in [0.25, 0.3) is 0 Å². The van der Waals surface area contributed by atoms with Crippen LogP contribution >= 0.6 is 0 Å².